The van der Waals surface area contributed by atoms with Gasteiger partial charge < -0.3 is 9.64 Å². The Bertz CT molecular complexity index is 1200. The van der Waals surface area contributed by atoms with Crippen molar-refractivity contribution in [1.82, 2.24) is 4.90 Å². The third-order valence-electron chi connectivity index (χ3n) is 6.18. The molecule has 4 aromatic carbocycles. The van der Waals surface area contributed by atoms with Crippen LogP contribution in [0.2, 0.25) is 0 Å². The third-order valence-corrected chi connectivity index (χ3v) is 7.72. The number of nitrogens with zero attached hydrogens (tertiary/aromatic N) is 1. The van der Waals surface area contributed by atoms with Crippen LogP contribution in [0.1, 0.15) is 23.1 Å². The van der Waals surface area contributed by atoms with Crippen LogP contribution in [0, 0.1) is 0 Å². The predicted molar refractivity (Wildman–Crippen MR) is 137 cm³/mol. The summed E-state index contributed by atoms with van der Waals surface area (Å²) in [6.07, 6.45) is 0.0329. The average Bonchev–Trinajstić information content (AvgIpc) is 3.16. The van der Waals surface area contributed by atoms with Crippen LogP contribution in [-0.2, 0) is 27.6 Å². The van der Waals surface area contributed by atoms with Crippen molar-refractivity contribution in [2.24, 2.45) is 0 Å². The normalized spacial score (nSPS) is 19.9. The first kappa shape index (κ1) is 22.5. The fraction of sp³-hybridized carbons (Fsp3) is 0.167. The van der Waals surface area contributed by atoms with Gasteiger partial charge in [0.1, 0.15) is 11.0 Å². The Balaban J connectivity index is 1.59. The highest BCUT2D eigenvalue weighted by Gasteiger charge is 2.55. The van der Waals surface area contributed by atoms with Crippen LogP contribution in [0.3, 0.4) is 0 Å². The van der Waals surface area contributed by atoms with Crippen LogP contribution in [0.25, 0.3) is 0 Å². The van der Waals surface area contributed by atoms with Gasteiger partial charge in [-0.25, -0.2) is 0 Å². The summed E-state index contributed by atoms with van der Waals surface area (Å²) in [7, 11) is 0. The van der Waals surface area contributed by atoms with Crippen LogP contribution >= 0.6 is 11.8 Å². The Labute approximate surface area is 205 Å². The molecule has 2 unspecified atom stereocenters. The van der Waals surface area contributed by atoms with Crippen molar-refractivity contribution in [1.29, 1.82) is 0 Å². The van der Waals surface area contributed by atoms with Gasteiger partial charge in [0.25, 0.3) is 0 Å². The molecule has 3 nitrogen and oxygen atoms in total. The summed E-state index contributed by atoms with van der Waals surface area (Å²) in [4.78, 5) is 16.0. The number of amides is 1. The summed E-state index contributed by atoms with van der Waals surface area (Å²) in [6.45, 7) is 0.988. The Morgan fingerprint density at radius 1 is 0.735 bits per heavy atom. The lowest BCUT2D eigenvalue weighted by Crippen LogP contribution is -2.46. The maximum atomic E-state index is 13.6. The number of hydrogen-bond acceptors (Lipinski definition) is 3. The number of likely N-dealkylation sites (tertiary alicyclic amines) is 1. The van der Waals surface area contributed by atoms with E-state index in [4.69, 9.17) is 4.74 Å². The van der Waals surface area contributed by atoms with E-state index in [0.29, 0.717) is 19.6 Å². The molecule has 0 radical (unpaired) electrons. The number of ether oxygens (including phenoxy) is 1. The number of rotatable bonds is 8. The second kappa shape index (κ2) is 10.3. The maximum Gasteiger partial charge on any atom is 0.227 e. The molecule has 0 aliphatic carbocycles. The smallest absolute Gasteiger partial charge is 0.227 e. The standard InChI is InChI=1S/C30H27NO2S/c32-29-21-28(33-23-25-15-7-2-8-16-25)30(26-17-9-3-10-18-26,34-27-19-11-4-12-20-27)31(29)22-24-13-5-1-6-14-24/h1-20,28H,21-23H2. The van der Waals surface area contributed by atoms with Gasteiger partial charge in [0, 0.05) is 11.4 Å². The van der Waals surface area contributed by atoms with Crippen molar-refractivity contribution in [2.75, 3.05) is 0 Å². The van der Waals surface area contributed by atoms with E-state index >= 15 is 0 Å². The van der Waals surface area contributed by atoms with E-state index < -0.39 is 4.87 Å². The van der Waals surface area contributed by atoms with Gasteiger partial charge in [-0.05, 0) is 28.8 Å². The second-order valence-corrected chi connectivity index (χ2v) is 9.73. The average molecular weight is 466 g/mol. The summed E-state index contributed by atoms with van der Waals surface area (Å²) >= 11 is 1.71. The highest BCUT2D eigenvalue weighted by atomic mass is 32.2. The van der Waals surface area contributed by atoms with Gasteiger partial charge in [-0.3, -0.25) is 4.79 Å². The molecule has 0 aromatic heterocycles. The minimum atomic E-state index is -0.690. The first-order valence-electron chi connectivity index (χ1n) is 11.6. The number of benzene rings is 4. The lowest BCUT2D eigenvalue weighted by molar-refractivity contribution is -0.130. The van der Waals surface area contributed by atoms with Crippen molar-refractivity contribution in [3.05, 3.63) is 138 Å². The monoisotopic (exact) mass is 465 g/mol. The molecule has 1 fully saturated rings. The van der Waals surface area contributed by atoms with Gasteiger partial charge in [-0.2, -0.15) is 0 Å². The molecule has 0 spiro atoms. The summed E-state index contributed by atoms with van der Waals surface area (Å²) in [5, 5.41) is 0. The minimum Gasteiger partial charge on any atom is -0.369 e. The molecule has 1 aliphatic heterocycles. The number of hydrogen-bond donors (Lipinski definition) is 0. The number of carbonyl (C=O) groups excluding carboxylic acids is 1. The van der Waals surface area contributed by atoms with Crippen molar-refractivity contribution in [3.63, 3.8) is 0 Å². The fourth-order valence-corrected chi connectivity index (χ4v) is 6.01. The Morgan fingerprint density at radius 2 is 1.26 bits per heavy atom. The number of carbonyl (C=O) groups is 1. The molecular formula is C30H27NO2S. The van der Waals surface area contributed by atoms with Crippen LogP contribution in [0.15, 0.2) is 126 Å². The van der Waals surface area contributed by atoms with E-state index in [1.54, 1.807) is 11.8 Å². The molecule has 0 N–H and O–H groups in total. The minimum absolute atomic E-state index is 0.106. The Morgan fingerprint density at radius 3 is 1.88 bits per heavy atom. The maximum absolute atomic E-state index is 13.6. The first-order chi connectivity index (χ1) is 16.8. The zero-order valence-corrected chi connectivity index (χ0v) is 19.7. The molecule has 1 amide bonds. The van der Waals surface area contributed by atoms with Crippen molar-refractivity contribution in [2.45, 2.75) is 35.4 Å². The van der Waals surface area contributed by atoms with Gasteiger partial charge >= 0.3 is 0 Å². The zero-order valence-electron chi connectivity index (χ0n) is 18.9. The van der Waals surface area contributed by atoms with Crippen LogP contribution in [0.4, 0.5) is 0 Å². The lowest BCUT2D eigenvalue weighted by atomic mass is 10.0. The van der Waals surface area contributed by atoms with Crippen LogP contribution in [0.5, 0.6) is 0 Å². The van der Waals surface area contributed by atoms with E-state index in [0.717, 1.165) is 21.6 Å². The van der Waals surface area contributed by atoms with Gasteiger partial charge in [0.05, 0.1) is 13.0 Å². The van der Waals surface area contributed by atoms with E-state index in [2.05, 4.69) is 48.5 Å². The van der Waals surface area contributed by atoms with E-state index in [9.17, 15) is 4.79 Å². The third kappa shape index (κ3) is 4.65. The molecule has 1 saturated heterocycles. The zero-order chi connectivity index (χ0) is 23.2. The van der Waals surface area contributed by atoms with Gasteiger partial charge in [-0.1, -0.05) is 121 Å². The van der Waals surface area contributed by atoms with Gasteiger partial charge in [0.15, 0.2) is 0 Å². The molecular weight excluding hydrogens is 438 g/mol. The first-order valence-corrected chi connectivity index (χ1v) is 12.4. The van der Waals surface area contributed by atoms with E-state index in [1.807, 2.05) is 77.7 Å². The Hall–Kier alpha value is -3.34. The highest BCUT2D eigenvalue weighted by Crippen LogP contribution is 2.53. The molecule has 0 bridgehead atoms. The fourth-order valence-electron chi connectivity index (χ4n) is 4.55. The SMILES string of the molecule is O=C1CC(OCc2ccccc2)C(Sc2ccccc2)(c2ccccc2)N1Cc1ccccc1. The molecule has 34 heavy (non-hydrogen) atoms. The predicted octanol–water partition coefficient (Wildman–Crippen LogP) is 6.65. The van der Waals surface area contributed by atoms with Crippen LogP contribution in [-0.4, -0.2) is 16.9 Å². The lowest BCUT2D eigenvalue weighted by Gasteiger charge is -2.42. The molecule has 2 atom stereocenters. The summed E-state index contributed by atoms with van der Waals surface area (Å²) < 4.78 is 6.59. The molecule has 4 heteroatoms. The molecule has 1 heterocycles. The Kier molecular flexibility index (Phi) is 6.79. The molecule has 0 saturated carbocycles. The second-order valence-electron chi connectivity index (χ2n) is 8.43. The van der Waals surface area contributed by atoms with Crippen molar-refractivity contribution >= 4 is 17.7 Å². The van der Waals surface area contributed by atoms with Crippen molar-refractivity contribution < 1.29 is 9.53 Å². The summed E-state index contributed by atoms with van der Waals surface area (Å²) in [6, 6.07) is 41.0. The van der Waals surface area contributed by atoms with Crippen molar-refractivity contribution in [3.8, 4) is 0 Å². The highest BCUT2D eigenvalue weighted by molar-refractivity contribution is 8.00. The van der Waals surface area contributed by atoms with Gasteiger partial charge in [0.2, 0.25) is 5.91 Å². The summed E-state index contributed by atoms with van der Waals surface area (Å²) in [5.41, 5.74) is 3.28. The molecule has 4 aromatic rings. The topological polar surface area (TPSA) is 29.5 Å². The molecule has 1 aliphatic rings. The summed E-state index contributed by atoms with van der Waals surface area (Å²) in [5.74, 6) is 0.106. The van der Waals surface area contributed by atoms with Gasteiger partial charge in [-0.15, -0.1) is 0 Å². The van der Waals surface area contributed by atoms with E-state index in [1.165, 1.54) is 0 Å². The molecule has 170 valence electrons. The van der Waals surface area contributed by atoms with Crippen LogP contribution < -0.4 is 0 Å². The quantitative estimate of drug-likeness (QED) is 0.292. The number of thioether (sulfide) groups is 1. The van der Waals surface area contributed by atoms with E-state index in [-0.39, 0.29) is 12.0 Å². The molecule has 5 rings (SSSR count). The largest absolute Gasteiger partial charge is 0.369 e.